The molecule has 0 spiro atoms. The number of aliphatic hydroxyl groups excluding tert-OH is 1. The van der Waals surface area contributed by atoms with Crippen molar-refractivity contribution in [2.24, 2.45) is 0 Å². The van der Waals surface area contributed by atoms with E-state index in [4.69, 9.17) is 0 Å². The molecular formula is C19H21NO2. The van der Waals surface area contributed by atoms with E-state index in [0.717, 1.165) is 35.2 Å². The van der Waals surface area contributed by atoms with Crippen molar-refractivity contribution in [3.8, 4) is 0 Å². The average molecular weight is 295 g/mol. The lowest BCUT2D eigenvalue weighted by molar-refractivity contribution is 0.0734. The number of fused-ring (bicyclic) bond motifs is 1. The minimum absolute atomic E-state index is 0.0804. The Kier molecular flexibility index (Phi) is 3.99. The lowest BCUT2D eigenvalue weighted by Gasteiger charge is -2.29. The molecule has 1 heterocycles. The molecule has 1 aliphatic heterocycles. The van der Waals surface area contributed by atoms with Gasteiger partial charge in [0, 0.05) is 18.7 Å². The second-order valence-electron chi connectivity index (χ2n) is 6.05. The highest BCUT2D eigenvalue weighted by Crippen LogP contribution is 2.24. The summed E-state index contributed by atoms with van der Waals surface area (Å²) in [6, 6.07) is 13.8. The van der Waals surface area contributed by atoms with Crippen LogP contribution in [0.3, 0.4) is 0 Å². The quantitative estimate of drug-likeness (QED) is 0.924. The summed E-state index contributed by atoms with van der Waals surface area (Å²) in [7, 11) is 0. The highest BCUT2D eigenvalue weighted by molar-refractivity contribution is 5.94. The fourth-order valence-electron chi connectivity index (χ4n) is 2.97. The van der Waals surface area contributed by atoms with Gasteiger partial charge in [-0.25, -0.2) is 0 Å². The van der Waals surface area contributed by atoms with Gasteiger partial charge in [-0.3, -0.25) is 4.79 Å². The Morgan fingerprint density at radius 2 is 2.00 bits per heavy atom. The number of rotatable bonds is 2. The van der Waals surface area contributed by atoms with Crippen LogP contribution in [0.1, 0.15) is 45.6 Å². The second kappa shape index (κ2) is 5.93. The first-order valence-electron chi connectivity index (χ1n) is 7.70. The Morgan fingerprint density at radius 1 is 1.18 bits per heavy atom. The maximum atomic E-state index is 12.7. The van der Waals surface area contributed by atoms with Crippen LogP contribution in [-0.2, 0) is 13.0 Å². The maximum Gasteiger partial charge on any atom is 0.254 e. The Bertz CT molecular complexity index is 706. The zero-order valence-corrected chi connectivity index (χ0v) is 13.0. The third-order valence-electron chi connectivity index (χ3n) is 4.28. The highest BCUT2D eigenvalue weighted by Gasteiger charge is 2.22. The summed E-state index contributed by atoms with van der Waals surface area (Å²) in [5.74, 6) is 0.0804. The van der Waals surface area contributed by atoms with E-state index < -0.39 is 6.10 Å². The first-order valence-corrected chi connectivity index (χ1v) is 7.70. The predicted octanol–water partition coefficient (Wildman–Crippen LogP) is 3.25. The molecule has 0 fully saturated rings. The second-order valence-corrected chi connectivity index (χ2v) is 6.05. The first-order chi connectivity index (χ1) is 10.5. The van der Waals surface area contributed by atoms with E-state index in [9.17, 15) is 9.90 Å². The molecule has 0 saturated heterocycles. The SMILES string of the molecule is Cc1cccc(C(=O)N2CCc3ccc(C(C)O)cc3C2)c1. The molecule has 0 radical (unpaired) electrons. The standard InChI is InChI=1S/C19H21NO2/c1-13-4-3-5-17(10-13)19(22)20-9-8-15-6-7-16(14(2)21)11-18(15)12-20/h3-7,10-11,14,21H,8-9,12H2,1-2H3. The van der Waals surface area contributed by atoms with E-state index in [2.05, 4.69) is 6.07 Å². The number of aliphatic hydroxyl groups is 1. The van der Waals surface area contributed by atoms with Crippen LogP contribution < -0.4 is 0 Å². The molecule has 2 aromatic carbocycles. The van der Waals surface area contributed by atoms with Crippen molar-refractivity contribution in [3.05, 3.63) is 70.3 Å². The van der Waals surface area contributed by atoms with Crippen molar-refractivity contribution in [3.63, 3.8) is 0 Å². The molecule has 3 rings (SSSR count). The van der Waals surface area contributed by atoms with Crippen molar-refractivity contribution in [2.45, 2.75) is 32.9 Å². The molecule has 3 nitrogen and oxygen atoms in total. The largest absolute Gasteiger partial charge is 0.389 e. The Hall–Kier alpha value is -2.13. The van der Waals surface area contributed by atoms with Crippen LogP contribution in [0.25, 0.3) is 0 Å². The first kappa shape index (κ1) is 14.8. The summed E-state index contributed by atoms with van der Waals surface area (Å²) in [5.41, 5.74) is 5.17. The van der Waals surface area contributed by atoms with Gasteiger partial charge < -0.3 is 10.0 Å². The molecule has 2 aromatic rings. The Morgan fingerprint density at radius 3 is 2.73 bits per heavy atom. The number of nitrogens with zero attached hydrogens (tertiary/aromatic N) is 1. The van der Waals surface area contributed by atoms with E-state index in [0.29, 0.717) is 6.54 Å². The molecule has 1 N–H and O–H groups in total. The fourth-order valence-corrected chi connectivity index (χ4v) is 2.97. The van der Waals surface area contributed by atoms with Gasteiger partial charge >= 0.3 is 0 Å². The Balaban J connectivity index is 1.84. The lowest BCUT2D eigenvalue weighted by Crippen LogP contribution is -2.36. The van der Waals surface area contributed by atoms with Crippen LogP contribution in [0.2, 0.25) is 0 Å². The molecule has 0 bridgehead atoms. The van der Waals surface area contributed by atoms with Gasteiger partial charge in [0.25, 0.3) is 5.91 Å². The summed E-state index contributed by atoms with van der Waals surface area (Å²) in [6.45, 7) is 5.12. The number of hydrogen-bond acceptors (Lipinski definition) is 2. The molecular weight excluding hydrogens is 274 g/mol. The molecule has 3 heteroatoms. The Labute approximate surface area is 131 Å². The van der Waals surface area contributed by atoms with Crippen LogP contribution in [-0.4, -0.2) is 22.5 Å². The van der Waals surface area contributed by atoms with Crippen molar-refractivity contribution in [1.29, 1.82) is 0 Å². The molecule has 114 valence electrons. The van der Waals surface area contributed by atoms with E-state index in [1.807, 2.05) is 48.2 Å². The summed E-state index contributed by atoms with van der Waals surface area (Å²) in [6.07, 6.45) is 0.389. The summed E-state index contributed by atoms with van der Waals surface area (Å²) < 4.78 is 0. The van der Waals surface area contributed by atoms with Gasteiger partial charge in [-0.05, 0) is 49.1 Å². The molecule has 0 aliphatic carbocycles. The molecule has 22 heavy (non-hydrogen) atoms. The molecule has 1 amide bonds. The van der Waals surface area contributed by atoms with E-state index in [-0.39, 0.29) is 5.91 Å². The number of carbonyl (C=O) groups is 1. The average Bonchev–Trinajstić information content (AvgIpc) is 2.53. The number of carbonyl (C=O) groups excluding carboxylic acids is 1. The molecule has 1 atom stereocenters. The molecule has 0 saturated carbocycles. The van der Waals surface area contributed by atoms with Gasteiger partial charge in [0.1, 0.15) is 0 Å². The number of aryl methyl sites for hydroxylation is 1. The van der Waals surface area contributed by atoms with Crippen molar-refractivity contribution >= 4 is 5.91 Å². The van der Waals surface area contributed by atoms with E-state index in [1.54, 1.807) is 6.92 Å². The van der Waals surface area contributed by atoms with Gasteiger partial charge in [-0.2, -0.15) is 0 Å². The minimum atomic E-state index is -0.479. The lowest BCUT2D eigenvalue weighted by atomic mass is 9.95. The van der Waals surface area contributed by atoms with Gasteiger partial charge in [-0.1, -0.05) is 35.9 Å². The van der Waals surface area contributed by atoms with Gasteiger partial charge in [0.2, 0.25) is 0 Å². The summed E-state index contributed by atoms with van der Waals surface area (Å²) in [4.78, 5) is 14.5. The molecule has 1 unspecified atom stereocenters. The smallest absolute Gasteiger partial charge is 0.254 e. The topological polar surface area (TPSA) is 40.5 Å². The van der Waals surface area contributed by atoms with Crippen LogP contribution in [0, 0.1) is 6.92 Å². The minimum Gasteiger partial charge on any atom is -0.389 e. The van der Waals surface area contributed by atoms with Crippen LogP contribution in [0.5, 0.6) is 0 Å². The van der Waals surface area contributed by atoms with Crippen LogP contribution in [0.4, 0.5) is 0 Å². The monoisotopic (exact) mass is 295 g/mol. The van der Waals surface area contributed by atoms with E-state index in [1.165, 1.54) is 5.56 Å². The van der Waals surface area contributed by atoms with Gasteiger partial charge in [0.15, 0.2) is 0 Å². The zero-order chi connectivity index (χ0) is 15.7. The molecule has 0 aromatic heterocycles. The van der Waals surface area contributed by atoms with Crippen LogP contribution >= 0.6 is 0 Å². The number of benzene rings is 2. The normalized spacial score (nSPS) is 15.3. The molecule has 1 aliphatic rings. The van der Waals surface area contributed by atoms with E-state index >= 15 is 0 Å². The van der Waals surface area contributed by atoms with Crippen LogP contribution in [0.15, 0.2) is 42.5 Å². The fraction of sp³-hybridized carbons (Fsp3) is 0.316. The van der Waals surface area contributed by atoms with Crippen molar-refractivity contribution in [1.82, 2.24) is 4.90 Å². The van der Waals surface area contributed by atoms with Gasteiger partial charge in [0.05, 0.1) is 6.10 Å². The third kappa shape index (κ3) is 2.90. The van der Waals surface area contributed by atoms with Crippen molar-refractivity contribution in [2.75, 3.05) is 6.54 Å². The van der Waals surface area contributed by atoms with Crippen molar-refractivity contribution < 1.29 is 9.90 Å². The highest BCUT2D eigenvalue weighted by atomic mass is 16.3. The summed E-state index contributed by atoms with van der Waals surface area (Å²) >= 11 is 0. The predicted molar refractivity (Wildman–Crippen MR) is 86.7 cm³/mol. The third-order valence-corrected chi connectivity index (χ3v) is 4.28. The zero-order valence-electron chi connectivity index (χ0n) is 13.0. The van der Waals surface area contributed by atoms with Gasteiger partial charge in [-0.15, -0.1) is 0 Å². The summed E-state index contributed by atoms with van der Waals surface area (Å²) in [5, 5.41) is 9.73. The maximum absolute atomic E-state index is 12.7. The number of amides is 1. The number of hydrogen-bond donors (Lipinski definition) is 1.